The van der Waals surface area contributed by atoms with E-state index in [2.05, 4.69) is 52.1 Å². The fourth-order valence-corrected chi connectivity index (χ4v) is 3.64. The zero-order valence-corrected chi connectivity index (χ0v) is 16.2. The average molecular weight is 365 g/mol. The molecule has 1 aliphatic rings. The lowest BCUT2D eigenvalue weighted by Gasteiger charge is -2.17. The van der Waals surface area contributed by atoms with Crippen LogP contribution in [0.25, 0.3) is 10.9 Å². The van der Waals surface area contributed by atoms with E-state index in [0.29, 0.717) is 0 Å². The van der Waals surface area contributed by atoms with Crippen molar-refractivity contribution in [1.29, 1.82) is 0 Å². The lowest BCUT2D eigenvalue weighted by atomic mass is 10.0. The summed E-state index contributed by atoms with van der Waals surface area (Å²) in [5.41, 5.74) is 8.13. The number of fused-ring (bicyclic) bond motifs is 3. The van der Waals surface area contributed by atoms with Crippen molar-refractivity contribution in [2.75, 3.05) is 6.54 Å². The van der Waals surface area contributed by atoms with E-state index in [0.717, 1.165) is 45.1 Å². The smallest absolute Gasteiger partial charge is 0.300 e. The Labute approximate surface area is 160 Å². The first-order valence-corrected chi connectivity index (χ1v) is 9.38. The number of aromatic nitrogens is 2. The predicted molar refractivity (Wildman–Crippen MR) is 108 cm³/mol. The van der Waals surface area contributed by atoms with Gasteiger partial charge in [-0.3, -0.25) is 9.78 Å². The Kier molecular flexibility index (Phi) is 5.91. The predicted octanol–water partition coefficient (Wildman–Crippen LogP) is 3.63. The van der Waals surface area contributed by atoms with Gasteiger partial charge >= 0.3 is 0 Å². The second-order valence-corrected chi connectivity index (χ2v) is 7.10. The maximum atomic E-state index is 9.00. The number of carboxylic acid groups (broad SMARTS) is 1. The highest BCUT2D eigenvalue weighted by Crippen LogP contribution is 2.29. The van der Waals surface area contributed by atoms with E-state index in [1.54, 1.807) is 0 Å². The van der Waals surface area contributed by atoms with Gasteiger partial charge in [0.05, 0.1) is 0 Å². The largest absolute Gasteiger partial charge is 0.481 e. The Morgan fingerprint density at radius 3 is 2.74 bits per heavy atom. The van der Waals surface area contributed by atoms with Crippen LogP contribution < -0.4 is 5.32 Å². The molecule has 0 saturated carbocycles. The van der Waals surface area contributed by atoms with Gasteiger partial charge in [-0.2, -0.15) is 0 Å². The summed E-state index contributed by atoms with van der Waals surface area (Å²) in [6, 6.07) is 11.2. The van der Waals surface area contributed by atoms with Crippen LogP contribution in [0.3, 0.4) is 0 Å². The molecule has 0 fully saturated rings. The molecule has 1 aliphatic heterocycles. The highest BCUT2D eigenvalue weighted by molar-refractivity contribution is 5.86. The number of carboxylic acids is 1. The number of rotatable bonds is 3. The quantitative estimate of drug-likeness (QED) is 0.744. The molecular formula is C22H27N3O2. The highest BCUT2D eigenvalue weighted by Gasteiger charge is 2.19. The number of carbonyl (C=O) groups is 1. The molecule has 142 valence electrons. The summed E-state index contributed by atoms with van der Waals surface area (Å²) in [6.07, 6.45) is 4.17. The summed E-state index contributed by atoms with van der Waals surface area (Å²) in [5.74, 6) is -0.833. The highest BCUT2D eigenvalue weighted by atomic mass is 16.4. The van der Waals surface area contributed by atoms with Gasteiger partial charge in [0.25, 0.3) is 5.97 Å². The monoisotopic (exact) mass is 365 g/mol. The molecule has 0 spiro atoms. The van der Waals surface area contributed by atoms with Gasteiger partial charge in [-0.25, -0.2) is 0 Å². The van der Waals surface area contributed by atoms with Crippen LogP contribution in [0.2, 0.25) is 0 Å². The third-order valence-electron chi connectivity index (χ3n) is 4.88. The summed E-state index contributed by atoms with van der Waals surface area (Å²) in [7, 11) is 0. The first-order chi connectivity index (χ1) is 13.0. The van der Waals surface area contributed by atoms with E-state index >= 15 is 0 Å². The van der Waals surface area contributed by atoms with Gasteiger partial charge in [-0.1, -0.05) is 17.7 Å². The van der Waals surface area contributed by atoms with Gasteiger partial charge < -0.3 is 15.0 Å². The van der Waals surface area contributed by atoms with E-state index in [1.165, 1.54) is 33.3 Å². The number of nitrogens with one attached hydrogen (secondary N) is 1. The van der Waals surface area contributed by atoms with E-state index in [1.807, 2.05) is 13.1 Å². The van der Waals surface area contributed by atoms with Crippen LogP contribution in [-0.4, -0.2) is 27.2 Å². The first kappa shape index (κ1) is 19.1. The minimum atomic E-state index is -0.833. The maximum Gasteiger partial charge on any atom is 0.300 e. The van der Waals surface area contributed by atoms with Crippen molar-refractivity contribution in [2.24, 2.45) is 0 Å². The van der Waals surface area contributed by atoms with Gasteiger partial charge in [-0.15, -0.1) is 0 Å². The van der Waals surface area contributed by atoms with E-state index in [4.69, 9.17) is 9.90 Å². The number of hydrogen-bond acceptors (Lipinski definition) is 3. The standard InChI is InChI=1S/C20H23N3.C2H4O2/c1-14-3-6-19-17(11-14)18-13-21-9-7-20(18)23(19)10-8-16-5-4-15(2)22-12-16;1-2(3)4/h3-6,11-12,21H,7-10,13H2,1-2H3;1H3,(H,3,4). The van der Waals surface area contributed by atoms with Crippen LogP contribution in [0.15, 0.2) is 36.5 Å². The van der Waals surface area contributed by atoms with Crippen LogP contribution in [0.4, 0.5) is 0 Å². The van der Waals surface area contributed by atoms with Crippen LogP contribution in [0.1, 0.15) is 35.0 Å². The fourth-order valence-electron chi connectivity index (χ4n) is 3.64. The van der Waals surface area contributed by atoms with Crippen LogP contribution >= 0.6 is 0 Å². The number of aryl methyl sites for hydroxylation is 4. The molecule has 3 heterocycles. The second kappa shape index (κ2) is 8.35. The van der Waals surface area contributed by atoms with E-state index in [-0.39, 0.29) is 0 Å². The molecule has 0 atom stereocenters. The number of pyridine rings is 1. The van der Waals surface area contributed by atoms with Crippen molar-refractivity contribution in [2.45, 2.75) is 46.7 Å². The molecular weight excluding hydrogens is 338 g/mol. The molecule has 4 rings (SSSR count). The number of hydrogen-bond donors (Lipinski definition) is 2. The molecule has 0 bridgehead atoms. The summed E-state index contributed by atoms with van der Waals surface area (Å²) in [6.45, 7) is 8.40. The van der Waals surface area contributed by atoms with Crippen LogP contribution in [0, 0.1) is 13.8 Å². The van der Waals surface area contributed by atoms with Crippen molar-refractivity contribution >= 4 is 16.9 Å². The number of aliphatic carboxylic acids is 1. The summed E-state index contributed by atoms with van der Waals surface area (Å²) in [5, 5.41) is 12.4. The summed E-state index contributed by atoms with van der Waals surface area (Å²) >= 11 is 0. The molecule has 5 heteroatoms. The second-order valence-electron chi connectivity index (χ2n) is 7.10. The normalized spacial score (nSPS) is 13.0. The molecule has 3 aromatic rings. The summed E-state index contributed by atoms with van der Waals surface area (Å²) in [4.78, 5) is 13.4. The lowest BCUT2D eigenvalue weighted by Crippen LogP contribution is -2.24. The topological polar surface area (TPSA) is 67.1 Å². The van der Waals surface area contributed by atoms with Crippen molar-refractivity contribution in [3.05, 3.63) is 64.6 Å². The molecule has 0 saturated heterocycles. The molecule has 0 radical (unpaired) electrons. The van der Waals surface area contributed by atoms with Crippen molar-refractivity contribution in [3.8, 4) is 0 Å². The maximum absolute atomic E-state index is 9.00. The lowest BCUT2D eigenvalue weighted by molar-refractivity contribution is -0.134. The van der Waals surface area contributed by atoms with Crippen molar-refractivity contribution in [3.63, 3.8) is 0 Å². The van der Waals surface area contributed by atoms with Gasteiger partial charge in [-0.05, 0) is 49.6 Å². The van der Waals surface area contributed by atoms with Gasteiger partial charge in [0, 0.05) is 61.5 Å². The van der Waals surface area contributed by atoms with Gasteiger partial charge in [0.1, 0.15) is 0 Å². The minimum absolute atomic E-state index is 0.833. The minimum Gasteiger partial charge on any atom is -0.481 e. The molecule has 2 aromatic heterocycles. The van der Waals surface area contributed by atoms with Crippen molar-refractivity contribution in [1.82, 2.24) is 14.9 Å². The third-order valence-corrected chi connectivity index (χ3v) is 4.88. The Morgan fingerprint density at radius 2 is 2.04 bits per heavy atom. The Bertz CT molecular complexity index is 938. The fraction of sp³-hybridized carbons (Fsp3) is 0.364. The van der Waals surface area contributed by atoms with Gasteiger partial charge in [0.15, 0.2) is 0 Å². The van der Waals surface area contributed by atoms with Gasteiger partial charge in [0.2, 0.25) is 0 Å². The van der Waals surface area contributed by atoms with Crippen molar-refractivity contribution < 1.29 is 9.90 Å². The Morgan fingerprint density at radius 1 is 1.26 bits per heavy atom. The molecule has 1 aromatic carbocycles. The molecule has 2 N–H and O–H groups in total. The molecule has 0 aliphatic carbocycles. The molecule has 0 unspecified atom stereocenters. The zero-order valence-electron chi connectivity index (χ0n) is 16.2. The first-order valence-electron chi connectivity index (χ1n) is 9.38. The van der Waals surface area contributed by atoms with Crippen LogP contribution in [0.5, 0.6) is 0 Å². The van der Waals surface area contributed by atoms with E-state index in [9.17, 15) is 0 Å². The average Bonchev–Trinajstić information content (AvgIpc) is 2.94. The SMILES string of the molecule is CC(=O)O.Cc1ccc2c(c1)c1c(n2CCc2ccc(C)nc2)CCNC1. The molecule has 5 nitrogen and oxygen atoms in total. The Balaban J connectivity index is 0.000000481. The van der Waals surface area contributed by atoms with Crippen LogP contribution in [-0.2, 0) is 30.7 Å². The third kappa shape index (κ3) is 4.55. The summed E-state index contributed by atoms with van der Waals surface area (Å²) < 4.78 is 2.53. The molecule has 27 heavy (non-hydrogen) atoms. The van der Waals surface area contributed by atoms with E-state index < -0.39 is 5.97 Å². The Hall–Kier alpha value is -2.66. The number of benzene rings is 1. The number of nitrogens with zero attached hydrogens (tertiary/aromatic N) is 2. The zero-order chi connectivity index (χ0) is 19.4. The molecule has 0 amide bonds.